The third-order valence-electron chi connectivity index (χ3n) is 5.11. The van der Waals surface area contributed by atoms with Crippen LogP contribution in [0.15, 0.2) is 60.7 Å². The zero-order valence-electron chi connectivity index (χ0n) is 13.9. The van der Waals surface area contributed by atoms with Crippen molar-refractivity contribution in [2.45, 2.75) is 0 Å². The number of aryl methyl sites for hydroxylation is 1. The molecule has 4 heteroatoms. The first-order valence-electron chi connectivity index (χ1n) is 8.04. The van der Waals surface area contributed by atoms with Crippen LogP contribution in [0.4, 0.5) is 11.4 Å². The molecule has 124 valence electrons. The smallest absolute Gasteiger partial charge is 0.215 e. The van der Waals surface area contributed by atoms with Crippen molar-refractivity contribution in [3.63, 3.8) is 0 Å². The second kappa shape index (κ2) is 5.85. The van der Waals surface area contributed by atoms with Gasteiger partial charge in [0.2, 0.25) is 11.0 Å². The van der Waals surface area contributed by atoms with Gasteiger partial charge in [0.25, 0.3) is 0 Å². The van der Waals surface area contributed by atoms with Crippen molar-refractivity contribution >= 4 is 44.8 Å². The number of hydrogen-bond donors (Lipinski definition) is 0. The van der Waals surface area contributed by atoms with E-state index in [0.717, 1.165) is 5.02 Å². The lowest BCUT2D eigenvalue weighted by Gasteiger charge is -2.30. The van der Waals surface area contributed by atoms with Gasteiger partial charge in [-0.1, -0.05) is 35.9 Å². The summed E-state index contributed by atoms with van der Waals surface area (Å²) < 4.78 is 2.28. The maximum absolute atomic E-state index is 6.29. The molecule has 3 aromatic carbocycles. The predicted molar refractivity (Wildman–Crippen MR) is 101 cm³/mol. The Bertz CT molecular complexity index is 1150. The minimum absolute atomic E-state index is 0. The van der Waals surface area contributed by atoms with E-state index < -0.39 is 0 Å². The highest BCUT2D eigenvalue weighted by molar-refractivity contribution is 6.31. The van der Waals surface area contributed by atoms with E-state index in [2.05, 4.69) is 78.2 Å². The standard InChI is InChI=1S/C21H16ClN2.HI/c1-23-17-8-4-3-6-15(17)21-20-14(7-5-9-19(20)23)16-12-13(22)10-11-18(16)24(21)2;/h3-12H,1-2H3;1H/q+1;/p-1. The minimum atomic E-state index is 0. The van der Waals surface area contributed by atoms with Crippen molar-refractivity contribution in [2.75, 3.05) is 11.9 Å². The van der Waals surface area contributed by atoms with E-state index in [0.29, 0.717) is 0 Å². The molecule has 0 amide bonds. The third kappa shape index (κ3) is 2.19. The molecule has 5 rings (SSSR count). The van der Waals surface area contributed by atoms with E-state index in [1.54, 1.807) is 0 Å². The summed E-state index contributed by atoms with van der Waals surface area (Å²) in [6.45, 7) is 0. The maximum Gasteiger partial charge on any atom is 0.215 e. The lowest BCUT2D eigenvalue weighted by Crippen LogP contribution is -3.00. The van der Waals surface area contributed by atoms with Gasteiger partial charge in [0, 0.05) is 35.5 Å². The van der Waals surface area contributed by atoms with Gasteiger partial charge in [-0.05, 0) is 29.8 Å². The van der Waals surface area contributed by atoms with Gasteiger partial charge in [-0.25, -0.2) is 0 Å². The molecule has 4 aromatic rings. The Labute approximate surface area is 168 Å². The molecule has 0 unspecified atom stereocenters. The van der Waals surface area contributed by atoms with Crippen LogP contribution in [0.5, 0.6) is 0 Å². The molecular weight excluding hydrogens is 443 g/mol. The van der Waals surface area contributed by atoms with Crippen LogP contribution in [-0.2, 0) is 7.05 Å². The zero-order valence-corrected chi connectivity index (χ0v) is 16.8. The Morgan fingerprint density at radius 1 is 0.880 bits per heavy atom. The molecule has 0 N–H and O–H groups in total. The van der Waals surface area contributed by atoms with Crippen molar-refractivity contribution in [3.05, 3.63) is 65.7 Å². The molecule has 25 heavy (non-hydrogen) atoms. The first kappa shape index (κ1) is 16.6. The molecule has 1 aliphatic heterocycles. The SMILES string of the molecule is CN1c2ccc(Cl)cc2-c2cccc3c2c1c1ccccc1[n+]3C.[I-]. The van der Waals surface area contributed by atoms with Crippen LogP contribution in [0, 0.1) is 0 Å². The Morgan fingerprint density at radius 2 is 1.64 bits per heavy atom. The summed E-state index contributed by atoms with van der Waals surface area (Å²) in [5, 5.41) is 3.33. The summed E-state index contributed by atoms with van der Waals surface area (Å²) >= 11 is 6.29. The van der Waals surface area contributed by atoms with Crippen molar-refractivity contribution in [3.8, 4) is 11.1 Å². The molecule has 0 bridgehead atoms. The van der Waals surface area contributed by atoms with Gasteiger partial charge in [0.15, 0.2) is 0 Å². The molecule has 0 fully saturated rings. The third-order valence-corrected chi connectivity index (χ3v) is 5.34. The number of aromatic nitrogens is 1. The van der Waals surface area contributed by atoms with Crippen LogP contribution in [-0.4, -0.2) is 7.05 Å². The monoisotopic (exact) mass is 458 g/mol. The molecule has 0 radical (unpaired) electrons. The Hall–Kier alpha value is -1.85. The lowest BCUT2D eigenvalue weighted by molar-refractivity contribution is -0.617. The number of anilines is 2. The van der Waals surface area contributed by atoms with Gasteiger partial charge in [-0.15, -0.1) is 0 Å². The summed E-state index contributed by atoms with van der Waals surface area (Å²) in [4.78, 5) is 2.29. The number of hydrogen-bond acceptors (Lipinski definition) is 1. The number of halogens is 2. The molecule has 2 nitrogen and oxygen atoms in total. The predicted octanol–water partition coefficient (Wildman–Crippen LogP) is 2.22. The van der Waals surface area contributed by atoms with Crippen LogP contribution in [0.1, 0.15) is 0 Å². The van der Waals surface area contributed by atoms with E-state index in [9.17, 15) is 0 Å². The van der Waals surface area contributed by atoms with Gasteiger partial charge in [0.05, 0.1) is 16.5 Å². The van der Waals surface area contributed by atoms with E-state index in [-0.39, 0.29) is 24.0 Å². The average Bonchev–Trinajstić information content (AvgIpc) is 2.61. The highest BCUT2D eigenvalue weighted by Gasteiger charge is 2.28. The van der Waals surface area contributed by atoms with Gasteiger partial charge in [0.1, 0.15) is 7.05 Å². The fourth-order valence-corrected chi connectivity index (χ4v) is 4.18. The van der Waals surface area contributed by atoms with E-state index in [4.69, 9.17) is 11.6 Å². The summed E-state index contributed by atoms with van der Waals surface area (Å²) in [5.41, 5.74) is 7.38. The highest BCUT2D eigenvalue weighted by Crippen LogP contribution is 2.49. The van der Waals surface area contributed by atoms with Gasteiger partial charge < -0.3 is 28.9 Å². The largest absolute Gasteiger partial charge is 1.00 e. The zero-order chi connectivity index (χ0) is 16.4. The molecule has 1 aliphatic rings. The van der Waals surface area contributed by atoms with E-state index in [1.807, 2.05) is 6.07 Å². The quantitative estimate of drug-likeness (QED) is 0.223. The fraction of sp³-hybridized carbons (Fsp3) is 0.0952. The van der Waals surface area contributed by atoms with Crippen molar-refractivity contribution in [2.24, 2.45) is 7.05 Å². The van der Waals surface area contributed by atoms with Gasteiger partial charge in [-0.3, -0.25) is 0 Å². The van der Waals surface area contributed by atoms with Crippen molar-refractivity contribution in [1.82, 2.24) is 0 Å². The second-order valence-corrected chi connectivity index (χ2v) is 6.78. The molecule has 0 spiro atoms. The summed E-state index contributed by atoms with van der Waals surface area (Å²) in [7, 11) is 4.28. The van der Waals surface area contributed by atoms with Gasteiger partial charge >= 0.3 is 0 Å². The number of rotatable bonds is 0. The molecule has 2 heterocycles. The van der Waals surface area contributed by atoms with Crippen molar-refractivity contribution in [1.29, 1.82) is 0 Å². The lowest BCUT2D eigenvalue weighted by atomic mass is 9.91. The average molecular weight is 459 g/mol. The van der Waals surface area contributed by atoms with Crippen molar-refractivity contribution < 1.29 is 28.5 Å². The van der Waals surface area contributed by atoms with Crippen LogP contribution in [0.2, 0.25) is 5.02 Å². The molecule has 1 aromatic heterocycles. The van der Waals surface area contributed by atoms with E-state index in [1.165, 1.54) is 44.3 Å². The normalized spacial score (nSPS) is 12.2. The van der Waals surface area contributed by atoms with Crippen LogP contribution in [0.3, 0.4) is 0 Å². The molecular formula is C21H16ClIN2. The summed E-state index contributed by atoms with van der Waals surface area (Å²) in [6.07, 6.45) is 0. The Morgan fingerprint density at radius 3 is 2.48 bits per heavy atom. The molecule has 0 saturated heterocycles. The summed E-state index contributed by atoms with van der Waals surface area (Å²) in [6, 6.07) is 21.3. The molecule has 0 saturated carbocycles. The number of nitrogens with zero attached hydrogens (tertiary/aromatic N) is 2. The number of benzene rings is 3. The maximum atomic E-state index is 6.29. The molecule has 0 aliphatic carbocycles. The Kier molecular flexibility index (Phi) is 3.89. The van der Waals surface area contributed by atoms with E-state index >= 15 is 0 Å². The number of pyridine rings is 1. The topological polar surface area (TPSA) is 7.12 Å². The van der Waals surface area contributed by atoms with Gasteiger partial charge in [-0.2, -0.15) is 4.57 Å². The first-order valence-corrected chi connectivity index (χ1v) is 8.42. The van der Waals surface area contributed by atoms with Crippen LogP contribution in [0.25, 0.3) is 32.9 Å². The fourth-order valence-electron chi connectivity index (χ4n) is 4.01. The summed E-state index contributed by atoms with van der Waals surface area (Å²) in [5.74, 6) is 0. The Balaban J connectivity index is 0.00000157. The number of para-hydroxylation sites is 1. The molecule has 0 atom stereocenters. The second-order valence-electron chi connectivity index (χ2n) is 6.34. The number of fused-ring (bicyclic) bond motifs is 4. The minimum Gasteiger partial charge on any atom is -1.00 e. The highest BCUT2D eigenvalue weighted by atomic mass is 127. The van der Waals surface area contributed by atoms with Crippen LogP contribution >= 0.6 is 11.6 Å². The van der Waals surface area contributed by atoms with Crippen LogP contribution < -0.4 is 33.4 Å². The first-order chi connectivity index (χ1) is 11.7.